The van der Waals surface area contributed by atoms with E-state index in [1.807, 2.05) is 36.6 Å². The van der Waals surface area contributed by atoms with Gasteiger partial charge in [-0.3, -0.25) is 14.6 Å². The molecule has 4 nitrogen and oxygen atoms in total. The molecular formula is C22H25N3OS. The molecule has 5 heteroatoms. The summed E-state index contributed by atoms with van der Waals surface area (Å²) in [6.45, 7) is 7.35. The first-order valence-electron chi connectivity index (χ1n) is 8.99. The van der Waals surface area contributed by atoms with E-state index in [1.54, 1.807) is 11.8 Å². The number of hydrogen-bond donors (Lipinski definition) is 0. The molecule has 0 aliphatic carbocycles. The fourth-order valence-corrected chi connectivity index (χ4v) is 3.88. The number of amides is 1. The highest BCUT2D eigenvalue weighted by molar-refractivity contribution is 7.14. The summed E-state index contributed by atoms with van der Waals surface area (Å²) in [5.41, 5.74) is 5.61. The van der Waals surface area contributed by atoms with Crippen molar-refractivity contribution in [1.29, 1.82) is 0 Å². The second-order valence-electron chi connectivity index (χ2n) is 6.91. The van der Waals surface area contributed by atoms with Gasteiger partial charge in [0.2, 0.25) is 5.91 Å². The number of benzene rings is 2. The van der Waals surface area contributed by atoms with Crippen molar-refractivity contribution >= 4 is 28.1 Å². The molecule has 3 rings (SSSR count). The molecule has 2 aromatic carbocycles. The van der Waals surface area contributed by atoms with Gasteiger partial charge in [0.1, 0.15) is 0 Å². The minimum absolute atomic E-state index is 0.0342. The number of hydrogen-bond acceptors (Lipinski definition) is 4. The topological polar surface area (TPSA) is 36.4 Å². The average molecular weight is 380 g/mol. The third-order valence-electron chi connectivity index (χ3n) is 4.47. The van der Waals surface area contributed by atoms with Crippen LogP contribution in [0.2, 0.25) is 0 Å². The molecule has 0 aliphatic heterocycles. The molecule has 3 aromatic rings. The number of aromatic nitrogens is 1. The normalized spacial score (nSPS) is 11.0. The van der Waals surface area contributed by atoms with Crippen LogP contribution in [-0.2, 0) is 17.9 Å². The van der Waals surface area contributed by atoms with Gasteiger partial charge in [-0.05, 0) is 44.2 Å². The zero-order chi connectivity index (χ0) is 19.4. The monoisotopic (exact) mass is 379 g/mol. The lowest BCUT2D eigenvalue weighted by Gasteiger charge is -2.19. The molecule has 0 saturated heterocycles. The van der Waals surface area contributed by atoms with Gasteiger partial charge in [-0.25, -0.2) is 4.98 Å². The van der Waals surface area contributed by atoms with E-state index in [2.05, 4.69) is 43.1 Å². The Kier molecular flexibility index (Phi) is 6.04. The van der Waals surface area contributed by atoms with Crippen LogP contribution in [0.15, 0.2) is 53.9 Å². The number of carbonyl (C=O) groups is 1. The van der Waals surface area contributed by atoms with Crippen molar-refractivity contribution in [3.63, 3.8) is 0 Å². The van der Waals surface area contributed by atoms with Crippen molar-refractivity contribution in [2.75, 3.05) is 11.9 Å². The first-order valence-corrected chi connectivity index (χ1v) is 9.87. The lowest BCUT2D eigenvalue weighted by Crippen LogP contribution is -2.23. The fourth-order valence-electron chi connectivity index (χ4n) is 3.00. The highest BCUT2D eigenvalue weighted by atomic mass is 32.1. The van der Waals surface area contributed by atoms with Crippen molar-refractivity contribution in [2.45, 2.75) is 33.9 Å². The molecule has 0 unspecified atom stereocenters. The molecule has 1 heterocycles. The summed E-state index contributed by atoms with van der Waals surface area (Å²) in [7, 11) is 2.09. The van der Waals surface area contributed by atoms with Gasteiger partial charge < -0.3 is 0 Å². The minimum Gasteiger partial charge on any atom is -0.296 e. The Balaban J connectivity index is 1.73. The van der Waals surface area contributed by atoms with Gasteiger partial charge in [0, 0.05) is 25.4 Å². The van der Waals surface area contributed by atoms with Crippen LogP contribution >= 0.6 is 11.3 Å². The lowest BCUT2D eigenvalue weighted by atomic mass is 10.1. The first kappa shape index (κ1) is 19.3. The van der Waals surface area contributed by atoms with Crippen molar-refractivity contribution in [3.8, 4) is 0 Å². The van der Waals surface area contributed by atoms with Crippen molar-refractivity contribution in [1.82, 2.24) is 9.88 Å². The highest BCUT2D eigenvalue weighted by Crippen LogP contribution is 2.29. The maximum atomic E-state index is 12.2. The number of anilines is 2. The van der Waals surface area contributed by atoms with E-state index in [9.17, 15) is 4.79 Å². The van der Waals surface area contributed by atoms with Crippen molar-refractivity contribution in [2.24, 2.45) is 0 Å². The maximum Gasteiger partial charge on any atom is 0.230 e. The molecule has 0 radical (unpaired) electrons. The van der Waals surface area contributed by atoms with Crippen molar-refractivity contribution in [3.05, 3.63) is 76.3 Å². The molecule has 0 fully saturated rings. The molecule has 0 spiro atoms. The molecule has 27 heavy (non-hydrogen) atoms. The molecule has 1 aromatic heterocycles. The molecule has 1 amide bonds. The fraction of sp³-hybridized carbons (Fsp3) is 0.273. The van der Waals surface area contributed by atoms with Gasteiger partial charge >= 0.3 is 0 Å². The van der Waals surface area contributed by atoms with Crippen LogP contribution in [0, 0.1) is 13.8 Å². The van der Waals surface area contributed by atoms with Gasteiger partial charge in [-0.1, -0.05) is 42.0 Å². The summed E-state index contributed by atoms with van der Waals surface area (Å²) in [6, 6.07) is 16.4. The number of nitrogens with zero attached hydrogens (tertiary/aromatic N) is 3. The van der Waals surface area contributed by atoms with Crippen LogP contribution < -0.4 is 4.90 Å². The SMILES string of the molecule is CC(=O)N(c1ccc(C)cc1)c1nc(CN(C)Cc2ccccc2C)cs1. The summed E-state index contributed by atoms with van der Waals surface area (Å²) >= 11 is 1.50. The Labute approximate surface area is 165 Å². The summed E-state index contributed by atoms with van der Waals surface area (Å²) in [5.74, 6) is -0.0342. The van der Waals surface area contributed by atoms with E-state index in [0.717, 1.165) is 24.5 Å². The zero-order valence-electron chi connectivity index (χ0n) is 16.3. The summed E-state index contributed by atoms with van der Waals surface area (Å²) in [5, 5.41) is 2.75. The number of carbonyl (C=O) groups excluding carboxylic acids is 1. The van der Waals surface area contributed by atoms with Crippen LogP contribution in [0.4, 0.5) is 10.8 Å². The summed E-state index contributed by atoms with van der Waals surface area (Å²) in [4.78, 5) is 20.9. The molecule has 0 saturated carbocycles. The number of thiazole rings is 1. The van der Waals surface area contributed by atoms with Crippen LogP contribution in [0.25, 0.3) is 0 Å². The average Bonchev–Trinajstić information content (AvgIpc) is 3.06. The second kappa shape index (κ2) is 8.46. The first-order chi connectivity index (χ1) is 12.9. The predicted molar refractivity (Wildman–Crippen MR) is 112 cm³/mol. The quantitative estimate of drug-likeness (QED) is 0.599. The Hall–Kier alpha value is -2.50. The van der Waals surface area contributed by atoms with E-state index in [4.69, 9.17) is 4.98 Å². The van der Waals surface area contributed by atoms with Gasteiger partial charge in [0.15, 0.2) is 5.13 Å². The van der Waals surface area contributed by atoms with Crippen LogP contribution in [0.5, 0.6) is 0 Å². The third kappa shape index (κ3) is 4.81. The number of aryl methyl sites for hydroxylation is 2. The minimum atomic E-state index is -0.0342. The largest absolute Gasteiger partial charge is 0.296 e. The van der Waals surface area contributed by atoms with E-state index in [-0.39, 0.29) is 5.91 Å². The van der Waals surface area contributed by atoms with Crippen LogP contribution in [0.3, 0.4) is 0 Å². The predicted octanol–water partition coefficient (Wildman–Crippen LogP) is 5.08. The Morgan fingerprint density at radius 3 is 2.41 bits per heavy atom. The van der Waals surface area contributed by atoms with E-state index < -0.39 is 0 Å². The Morgan fingerprint density at radius 1 is 1.04 bits per heavy atom. The van der Waals surface area contributed by atoms with Crippen LogP contribution in [0.1, 0.15) is 29.3 Å². The molecule has 0 atom stereocenters. The second-order valence-corrected chi connectivity index (χ2v) is 7.75. The standard InChI is InChI=1S/C22H25N3OS/c1-16-9-11-21(12-10-16)25(18(3)26)22-23-20(15-27-22)14-24(4)13-19-8-6-5-7-17(19)2/h5-12,15H,13-14H2,1-4H3. The van der Waals surface area contributed by atoms with Crippen molar-refractivity contribution < 1.29 is 4.79 Å². The zero-order valence-corrected chi connectivity index (χ0v) is 17.1. The summed E-state index contributed by atoms with van der Waals surface area (Å²) < 4.78 is 0. The van der Waals surface area contributed by atoms with Gasteiger partial charge in [0.05, 0.1) is 11.4 Å². The van der Waals surface area contributed by atoms with E-state index in [0.29, 0.717) is 5.13 Å². The Morgan fingerprint density at radius 2 is 1.74 bits per heavy atom. The smallest absolute Gasteiger partial charge is 0.230 e. The maximum absolute atomic E-state index is 12.2. The highest BCUT2D eigenvalue weighted by Gasteiger charge is 2.18. The van der Waals surface area contributed by atoms with Gasteiger partial charge in [-0.2, -0.15) is 0 Å². The molecule has 140 valence electrons. The molecule has 0 bridgehead atoms. The third-order valence-corrected chi connectivity index (χ3v) is 5.35. The lowest BCUT2D eigenvalue weighted by molar-refractivity contribution is -0.115. The van der Waals surface area contributed by atoms with E-state index in [1.165, 1.54) is 28.0 Å². The molecule has 0 aliphatic rings. The number of rotatable bonds is 6. The van der Waals surface area contributed by atoms with Gasteiger partial charge in [-0.15, -0.1) is 11.3 Å². The van der Waals surface area contributed by atoms with Crippen LogP contribution in [-0.4, -0.2) is 22.8 Å². The Bertz CT molecular complexity index is 917. The summed E-state index contributed by atoms with van der Waals surface area (Å²) in [6.07, 6.45) is 0. The molecular weight excluding hydrogens is 354 g/mol. The molecule has 0 N–H and O–H groups in total. The van der Waals surface area contributed by atoms with Gasteiger partial charge in [0.25, 0.3) is 0 Å². The van der Waals surface area contributed by atoms with E-state index >= 15 is 0 Å².